The van der Waals surface area contributed by atoms with Crippen LogP contribution in [0, 0.1) is 5.41 Å². The van der Waals surface area contributed by atoms with Crippen LogP contribution >= 0.6 is 11.6 Å². The second-order valence-electron chi connectivity index (χ2n) is 8.90. The molecule has 0 atom stereocenters. The molecule has 0 saturated heterocycles. The van der Waals surface area contributed by atoms with Crippen molar-refractivity contribution in [2.45, 2.75) is 149 Å². The van der Waals surface area contributed by atoms with E-state index in [9.17, 15) is 0 Å². The van der Waals surface area contributed by atoms with E-state index in [0.29, 0.717) is 0 Å². The van der Waals surface area contributed by atoms with Crippen LogP contribution in [0.2, 0.25) is 0 Å². The highest BCUT2D eigenvalue weighted by molar-refractivity contribution is 6.24. The number of halogens is 1. The van der Waals surface area contributed by atoms with Crippen LogP contribution in [0.15, 0.2) is 0 Å². The first kappa shape index (κ1) is 28.5. The molecule has 0 aliphatic carbocycles. The summed E-state index contributed by atoms with van der Waals surface area (Å²) in [6.07, 6.45) is 23.5. The number of alkyl halides is 1. The Morgan fingerprint density at radius 3 is 1.15 bits per heavy atom. The van der Waals surface area contributed by atoms with E-state index in [2.05, 4.69) is 34.6 Å². The van der Waals surface area contributed by atoms with Crippen LogP contribution in [0.5, 0.6) is 0 Å². The molecular weight excluding hydrogens is 338 g/mol. The summed E-state index contributed by atoms with van der Waals surface area (Å²) in [6, 6.07) is 0. The Morgan fingerprint density at radius 1 is 0.538 bits per heavy atom. The molecule has 0 aliphatic heterocycles. The molecule has 0 rings (SSSR count). The van der Waals surface area contributed by atoms with Crippen molar-refractivity contribution in [2.24, 2.45) is 5.41 Å². The van der Waals surface area contributed by atoms with Crippen molar-refractivity contribution < 1.29 is 0 Å². The predicted molar refractivity (Wildman–Crippen MR) is 123 cm³/mol. The Hall–Kier alpha value is 0.250. The fourth-order valence-corrected chi connectivity index (χ4v) is 4.29. The lowest BCUT2D eigenvalue weighted by molar-refractivity contribution is 0.203. The van der Waals surface area contributed by atoms with Gasteiger partial charge in [-0.1, -0.05) is 125 Å². The van der Waals surface area contributed by atoms with E-state index in [-0.39, 0.29) is 16.4 Å². The Morgan fingerprint density at radius 2 is 0.846 bits per heavy atom. The molecule has 0 aromatic heterocycles. The summed E-state index contributed by atoms with van der Waals surface area (Å²) in [5, 5.41) is 0. The molecule has 0 aliphatic rings. The summed E-state index contributed by atoms with van der Waals surface area (Å²) >= 11 is 6.86. The van der Waals surface area contributed by atoms with Gasteiger partial charge in [-0.3, -0.25) is 0 Å². The van der Waals surface area contributed by atoms with E-state index in [1.54, 1.807) is 0 Å². The number of hydrogen-bond acceptors (Lipinski definition) is 1. The van der Waals surface area contributed by atoms with Crippen LogP contribution in [0.25, 0.3) is 0 Å². The molecule has 160 valence electrons. The monoisotopic (exact) mass is 389 g/mol. The molecule has 0 aromatic carbocycles. The maximum absolute atomic E-state index is 6.86. The lowest BCUT2D eigenvalue weighted by Gasteiger charge is -2.41. The van der Waals surface area contributed by atoms with E-state index >= 15 is 0 Å². The van der Waals surface area contributed by atoms with Crippen LogP contribution in [-0.2, 0) is 0 Å². The largest absolute Gasteiger partial charge is 0.344 e. The van der Waals surface area contributed by atoms with E-state index in [1.165, 1.54) is 96.3 Å². The molecule has 0 spiro atoms. The van der Waals surface area contributed by atoms with Gasteiger partial charge in [-0.15, -0.1) is 11.6 Å². The summed E-state index contributed by atoms with van der Waals surface area (Å²) < 4.78 is 0. The van der Waals surface area contributed by atoms with Gasteiger partial charge in [0, 0.05) is 4.87 Å². The van der Waals surface area contributed by atoms with Crippen LogP contribution in [0.1, 0.15) is 144 Å². The van der Waals surface area contributed by atoms with Crippen LogP contribution < -0.4 is 6.15 Å². The highest BCUT2D eigenvalue weighted by atomic mass is 35.5. The smallest absolute Gasteiger partial charge is 0.0492 e. The number of rotatable bonds is 18. The zero-order valence-corrected chi connectivity index (χ0v) is 19.9. The topological polar surface area (TPSA) is 35.0 Å². The summed E-state index contributed by atoms with van der Waals surface area (Å²) in [7, 11) is 0. The first-order chi connectivity index (χ1) is 11.9. The zero-order chi connectivity index (χ0) is 19.0. The quantitative estimate of drug-likeness (QED) is 0.183. The van der Waals surface area contributed by atoms with Gasteiger partial charge in [-0.2, -0.15) is 0 Å². The third-order valence-corrected chi connectivity index (χ3v) is 7.54. The van der Waals surface area contributed by atoms with Crippen molar-refractivity contribution in [1.29, 1.82) is 0 Å². The first-order valence-corrected chi connectivity index (χ1v) is 12.0. The van der Waals surface area contributed by atoms with Crippen LogP contribution in [0.3, 0.4) is 0 Å². The standard InChI is InChI=1S/C24H49Cl.H3N/c1-6-9-10-11-12-13-14-15-16-17-18-19-20-21-22-23(4,5)24(25,7-2)8-3;/h6-22H2,1-5H3;1H3. The maximum atomic E-state index is 6.86. The Labute approximate surface area is 172 Å². The minimum atomic E-state index is -0.0104. The molecule has 2 heteroatoms. The van der Waals surface area contributed by atoms with Gasteiger partial charge in [0.05, 0.1) is 0 Å². The van der Waals surface area contributed by atoms with Gasteiger partial charge in [0.15, 0.2) is 0 Å². The van der Waals surface area contributed by atoms with E-state index in [1.807, 2.05) is 0 Å². The van der Waals surface area contributed by atoms with Gasteiger partial charge in [0.2, 0.25) is 0 Å². The minimum absolute atomic E-state index is 0. The van der Waals surface area contributed by atoms with Gasteiger partial charge in [0.25, 0.3) is 0 Å². The van der Waals surface area contributed by atoms with E-state index < -0.39 is 0 Å². The van der Waals surface area contributed by atoms with Crippen molar-refractivity contribution in [3.8, 4) is 0 Å². The van der Waals surface area contributed by atoms with Gasteiger partial charge in [0.1, 0.15) is 0 Å². The van der Waals surface area contributed by atoms with E-state index in [0.717, 1.165) is 12.8 Å². The average Bonchev–Trinajstić information content (AvgIpc) is 2.61. The molecule has 3 N–H and O–H groups in total. The molecule has 0 heterocycles. The lowest BCUT2D eigenvalue weighted by atomic mass is 9.71. The van der Waals surface area contributed by atoms with E-state index in [4.69, 9.17) is 11.6 Å². The van der Waals surface area contributed by atoms with Crippen molar-refractivity contribution in [3.05, 3.63) is 0 Å². The molecule has 1 nitrogen and oxygen atoms in total. The molecule has 0 amide bonds. The van der Waals surface area contributed by atoms with Gasteiger partial charge in [-0.25, -0.2) is 0 Å². The molecule has 0 aromatic rings. The highest BCUT2D eigenvalue weighted by Crippen LogP contribution is 2.45. The second kappa shape index (κ2) is 17.4. The third kappa shape index (κ3) is 12.6. The molecule has 26 heavy (non-hydrogen) atoms. The average molecular weight is 390 g/mol. The predicted octanol–water partition coefficient (Wildman–Crippen LogP) is 9.84. The first-order valence-electron chi connectivity index (χ1n) is 11.6. The van der Waals surface area contributed by atoms with Crippen LogP contribution in [0.4, 0.5) is 0 Å². The SMILES string of the molecule is CCCCCCCCCCCCCCCCC(C)(C)C(Cl)(CC)CC.N. The summed E-state index contributed by atoms with van der Waals surface area (Å²) in [5.74, 6) is 0. The molecule has 0 fully saturated rings. The third-order valence-electron chi connectivity index (χ3n) is 6.49. The number of unbranched alkanes of at least 4 members (excludes halogenated alkanes) is 13. The molecule has 0 bridgehead atoms. The van der Waals surface area contributed by atoms with Crippen molar-refractivity contribution >= 4 is 11.6 Å². The van der Waals surface area contributed by atoms with Gasteiger partial charge in [-0.05, 0) is 24.7 Å². The number of hydrogen-bond donors (Lipinski definition) is 1. The second-order valence-corrected chi connectivity index (χ2v) is 9.63. The summed E-state index contributed by atoms with van der Waals surface area (Å²) in [6.45, 7) is 11.5. The van der Waals surface area contributed by atoms with Crippen molar-refractivity contribution in [3.63, 3.8) is 0 Å². The van der Waals surface area contributed by atoms with Crippen molar-refractivity contribution in [2.75, 3.05) is 0 Å². The fraction of sp³-hybridized carbons (Fsp3) is 1.00. The summed E-state index contributed by atoms with van der Waals surface area (Å²) in [4.78, 5) is -0.0104. The van der Waals surface area contributed by atoms with Crippen molar-refractivity contribution in [1.82, 2.24) is 6.15 Å². The molecule has 0 unspecified atom stereocenters. The minimum Gasteiger partial charge on any atom is -0.344 e. The lowest BCUT2D eigenvalue weighted by Crippen LogP contribution is -2.38. The Balaban J connectivity index is 0. The molecule has 0 saturated carbocycles. The Bertz CT molecular complexity index is 284. The zero-order valence-electron chi connectivity index (χ0n) is 19.1. The maximum Gasteiger partial charge on any atom is 0.0492 e. The normalized spacial score (nSPS) is 12.2. The summed E-state index contributed by atoms with van der Waals surface area (Å²) in [5.41, 5.74) is 0.259. The highest BCUT2D eigenvalue weighted by Gasteiger charge is 2.39. The van der Waals surface area contributed by atoms with Gasteiger partial charge >= 0.3 is 0 Å². The molecular formula is C24H52ClN. The fourth-order valence-electron chi connectivity index (χ4n) is 4.19. The van der Waals surface area contributed by atoms with Crippen LogP contribution in [-0.4, -0.2) is 4.87 Å². The van der Waals surface area contributed by atoms with Gasteiger partial charge < -0.3 is 6.15 Å². The molecule has 0 radical (unpaired) electrons. The Kier molecular flexibility index (Phi) is 19.0.